The van der Waals surface area contributed by atoms with E-state index in [9.17, 15) is 0 Å². The molecule has 0 bridgehead atoms. The van der Waals surface area contributed by atoms with E-state index in [2.05, 4.69) is 10.3 Å². The number of nitrogens with zero attached hydrogens (tertiary/aromatic N) is 1. The van der Waals surface area contributed by atoms with Crippen LogP contribution in [0.3, 0.4) is 0 Å². The number of hydrogen-bond donors (Lipinski definition) is 1. The molecule has 2 atom stereocenters. The van der Waals surface area contributed by atoms with Crippen LogP contribution in [0.15, 0.2) is 11.7 Å². The molecule has 1 heterocycles. The SMILES string of the molecule is CNCC1CCC1Cc1cncs1. The zero-order valence-electron chi connectivity index (χ0n) is 7.99. The van der Waals surface area contributed by atoms with Crippen molar-refractivity contribution in [2.75, 3.05) is 13.6 Å². The van der Waals surface area contributed by atoms with E-state index in [-0.39, 0.29) is 0 Å². The van der Waals surface area contributed by atoms with Gasteiger partial charge in [-0.05, 0) is 44.7 Å². The van der Waals surface area contributed by atoms with Crippen LogP contribution in [0.4, 0.5) is 0 Å². The summed E-state index contributed by atoms with van der Waals surface area (Å²) in [4.78, 5) is 5.56. The van der Waals surface area contributed by atoms with Crippen LogP contribution in [0.25, 0.3) is 0 Å². The molecule has 0 amide bonds. The van der Waals surface area contributed by atoms with Gasteiger partial charge in [-0.1, -0.05) is 0 Å². The van der Waals surface area contributed by atoms with Gasteiger partial charge in [0, 0.05) is 11.1 Å². The molecule has 72 valence electrons. The van der Waals surface area contributed by atoms with Gasteiger partial charge in [0.25, 0.3) is 0 Å². The van der Waals surface area contributed by atoms with Crippen LogP contribution in [-0.4, -0.2) is 18.6 Å². The van der Waals surface area contributed by atoms with Crippen LogP contribution in [0.5, 0.6) is 0 Å². The first-order valence-corrected chi connectivity index (χ1v) is 5.80. The molecular formula is C10H16N2S. The molecule has 0 aliphatic heterocycles. The molecule has 1 fully saturated rings. The second kappa shape index (κ2) is 4.20. The smallest absolute Gasteiger partial charge is 0.0794 e. The van der Waals surface area contributed by atoms with Crippen molar-refractivity contribution < 1.29 is 0 Å². The Balaban J connectivity index is 1.82. The standard InChI is InChI=1S/C10H16N2S/c1-11-5-9-3-2-8(9)4-10-6-12-7-13-10/h6-9,11H,2-5H2,1H3. The summed E-state index contributed by atoms with van der Waals surface area (Å²) < 4.78 is 0. The van der Waals surface area contributed by atoms with Gasteiger partial charge in [0.1, 0.15) is 0 Å². The first-order valence-electron chi connectivity index (χ1n) is 4.92. The Hall–Kier alpha value is -0.410. The molecule has 1 aliphatic carbocycles. The largest absolute Gasteiger partial charge is 0.319 e. The molecule has 1 aliphatic rings. The molecule has 2 unspecified atom stereocenters. The van der Waals surface area contributed by atoms with Crippen molar-refractivity contribution in [3.05, 3.63) is 16.6 Å². The number of aromatic nitrogens is 1. The van der Waals surface area contributed by atoms with Gasteiger partial charge in [-0.3, -0.25) is 4.98 Å². The molecule has 13 heavy (non-hydrogen) atoms. The number of thiazole rings is 1. The van der Waals surface area contributed by atoms with E-state index in [1.165, 1.54) is 30.7 Å². The maximum Gasteiger partial charge on any atom is 0.0794 e. The number of nitrogens with one attached hydrogen (secondary N) is 1. The molecular weight excluding hydrogens is 180 g/mol. The van der Waals surface area contributed by atoms with E-state index in [0.717, 1.165) is 11.8 Å². The molecule has 0 saturated heterocycles. The first-order chi connectivity index (χ1) is 6.40. The van der Waals surface area contributed by atoms with Gasteiger partial charge in [-0.15, -0.1) is 11.3 Å². The van der Waals surface area contributed by atoms with Crippen LogP contribution in [0, 0.1) is 11.8 Å². The van der Waals surface area contributed by atoms with Gasteiger partial charge in [0.2, 0.25) is 0 Å². The van der Waals surface area contributed by atoms with Crippen molar-refractivity contribution in [3.63, 3.8) is 0 Å². The monoisotopic (exact) mass is 196 g/mol. The minimum Gasteiger partial charge on any atom is -0.319 e. The molecule has 3 heteroatoms. The van der Waals surface area contributed by atoms with Gasteiger partial charge >= 0.3 is 0 Å². The lowest BCUT2D eigenvalue weighted by atomic mass is 9.72. The predicted molar refractivity (Wildman–Crippen MR) is 56.0 cm³/mol. The third-order valence-corrected chi connectivity index (χ3v) is 3.79. The Morgan fingerprint density at radius 1 is 1.54 bits per heavy atom. The van der Waals surface area contributed by atoms with Crippen molar-refractivity contribution in [2.45, 2.75) is 19.3 Å². The van der Waals surface area contributed by atoms with Gasteiger partial charge < -0.3 is 5.32 Å². The van der Waals surface area contributed by atoms with Crippen LogP contribution in [0.2, 0.25) is 0 Å². The second-order valence-electron chi connectivity index (χ2n) is 3.83. The van der Waals surface area contributed by atoms with Crippen molar-refractivity contribution in [1.29, 1.82) is 0 Å². The summed E-state index contributed by atoms with van der Waals surface area (Å²) in [6, 6.07) is 0. The zero-order valence-corrected chi connectivity index (χ0v) is 8.81. The molecule has 1 N–H and O–H groups in total. The summed E-state index contributed by atoms with van der Waals surface area (Å²) in [7, 11) is 2.04. The maximum atomic E-state index is 4.11. The minimum atomic E-state index is 0.909. The molecule has 0 aromatic carbocycles. The van der Waals surface area contributed by atoms with Crippen LogP contribution >= 0.6 is 11.3 Å². The predicted octanol–water partition coefficient (Wildman–Crippen LogP) is 1.93. The molecule has 2 rings (SSSR count). The highest BCUT2D eigenvalue weighted by Crippen LogP contribution is 2.36. The van der Waals surface area contributed by atoms with E-state index < -0.39 is 0 Å². The van der Waals surface area contributed by atoms with Crippen molar-refractivity contribution in [2.24, 2.45) is 11.8 Å². The first kappa shape index (κ1) is 9.16. The van der Waals surface area contributed by atoms with E-state index in [1.807, 2.05) is 18.8 Å². The number of rotatable bonds is 4. The third kappa shape index (κ3) is 2.09. The maximum absolute atomic E-state index is 4.11. The quantitative estimate of drug-likeness (QED) is 0.796. The molecule has 2 nitrogen and oxygen atoms in total. The fourth-order valence-corrected chi connectivity index (χ4v) is 2.73. The van der Waals surface area contributed by atoms with Gasteiger partial charge in [0.05, 0.1) is 5.51 Å². The normalized spacial score (nSPS) is 27.2. The van der Waals surface area contributed by atoms with Crippen LogP contribution in [0.1, 0.15) is 17.7 Å². The Kier molecular flexibility index (Phi) is 2.96. The highest BCUT2D eigenvalue weighted by atomic mass is 32.1. The van der Waals surface area contributed by atoms with Crippen molar-refractivity contribution in [3.8, 4) is 0 Å². The van der Waals surface area contributed by atoms with E-state index in [0.29, 0.717) is 0 Å². The topological polar surface area (TPSA) is 24.9 Å². The minimum absolute atomic E-state index is 0.909. The fourth-order valence-electron chi connectivity index (χ4n) is 2.04. The summed E-state index contributed by atoms with van der Waals surface area (Å²) in [5.41, 5.74) is 1.93. The molecule has 1 saturated carbocycles. The molecule has 1 aromatic rings. The lowest BCUT2D eigenvalue weighted by Gasteiger charge is -2.36. The third-order valence-electron chi connectivity index (χ3n) is 2.99. The Morgan fingerprint density at radius 3 is 2.92 bits per heavy atom. The van der Waals surface area contributed by atoms with Gasteiger partial charge in [-0.25, -0.2) is 0 Å². The zero-order chi connectivity index (χ0) is 9.10. The van der Waals surface area contributed by atoms with Gasteiger partial charge in [0.15, 0.2) is 0 Å². The van der Waals surface area contributed by atoms with E-state index in [1.54, 1.807) is 11.3 Å². The van der Waals surface area contributed by atoms with E-state index >= 15 is 0 Å². The lowest BCUT2D eigenvalue weighted by Crippen LogP contribution is -2.34. The van der Waals surface area contributed by atoms with E-state index in [4.69, 9.17) is 0 Å². The summed E-state index contributed by atoms with van der Waals surface area (Å²) in [5, 5.41) is 3.27. The van der Waals surface area contributed by atoms with Crippen molar-refractivity contribution >= 4 is 11.3 Å². The highest BCUT2D eigenvalue weighted by molar-refractivity contribution is 7.09. The summed E-state index contributed by atoms with van der Waals surface area (Å²) in [6.45, 7) is 1.18. The van der Waals surface area contributed by atoms with Crippen molar-refractivity contribution in [1.82, 2.24) is 10.3 Å². The average molecular weight is 196 g/mol. The Bertz CT molecular complexity index is 245. The number of hydrogen-bond acceptors (Lipinski definition) is 3. The van der Waals surface area contributed by atoms with Crippen LogP contribution < -0.4 is 5.32 Å². The lowest BCUT2D eigenvalue weighted by molar-refractivity contribution is 0.175. The fraction of sp³-hybridized carbons (Fsp3) is 0.700. The second-order valence-corrected chi connectivity index (χ2v) is 4.80. The molecule has 0 radical (unpaired) electrons. The summed E-state index contributed by atoms with van der Waals surface area (Å²) >= 11 is 1.79. The molecule has 1 aromatic heterocycles. The summed E-state index contributed by atoms with van der Waals surface area (Å²) in [6.07, 6.45) is 6.07. The highest BCUT2D eigenvalue weighted by Gasteiger charge is 2.30. The van der Waals surface area contributed by atoms with Gasteiger partial charge in [-0.2, -0.15) is 0 Å². The summed E-state index contributed by atoms with van der Waals surface area (Å²) in [5.74, 6) is 1.82. The van der Waals surface area contributed by atoms with Crippen LogP contribution in [-0.2, 0) is 6.42 Å². The average Bonchev–Trinajstić information content (AvgIpc) is 2.61. The Morgan fingerprint density at radius 2 is 2.38 bits per heavy atom. The Labute approximate surface area is 83.4 Å². The molecule has 0 spiro atoms.